The van der Waals surface area contributed by atoms with E-state index in [1.54, 1.807) is 0 Å². The minimum atomic E-state index is 0.287. The van der Waals surface area contributed by atoms with Crippen LogP contribution in [0.3, 0.4) is 0 Å². The lowest BCUT2D eigenvalue weighted by Gasteiger charge is -2.10. The van der Waals surface area contributed by atoms with Gasteiger partial charge in [0.1, 0.15) is 0 Å². The van der Waals surface area contributed by atoms with Crippen molar-refractivity contribution in [2.45, 2.75) is 38.6 Å². The maximum atomic E-state index is 5.74. The number of hydrogen-bond acceptors (Lipinski definition) is 3. The van der Waals surface area contributed by atoms with E-state index < -0.39 is 0 Å². The van der Waals surface area contributed by atoms with Crippen molar-refractivity contribution in [3.8, 4) is 11.5 Å². The molecule has 94 valence electrons. The van der Waals surface area contributed by atoms with Gasteiger partial charge in [-0.3, -0.25) is 0 Å². The van der Waals surface area contributed by atoms with Crippen molar-refractivity contribution in [3.05, 3.63) is 23.8 Å². The van der Waals surface area contributed by atoms with Gasteiger partial charge in [0.2, 0.25) is 0 Å². The SMILES string of the molecule is CC(N)CCCc1ccc2c(c1)OCCCO2. The highest BCUT2D eigenvalue weighted by Crippen LogP contribution is 2.30. The second-order valence-corrected chi connectivity index (χ2v) is 4.70. The maximum Gasteiger partial charge on any atom is 0.161 e. The summed E-state index contributed by atoms with van der Waals surface area (Å²) in [5.74, 6) is 1.76. The summed E-state index contributed by atoms with van der Waals surface area (Å²) >= 11 is 0. The van der Waals surface area contributed by atoms with Crippen LogP contribution in [-0.4, -0.2) is 19.3 Å². The topological polar surface area (TPSA) is 44.5 Å². The maximum absolute atomic E-state index is 5.74. The van der Waals surface area contributed by atoms with Crippen molar-refractivity contribution >= 4 is 0 Å². The Labute approximate surface area is 103 Å². The minimum absolute atomic E-state index is 0.287. The molecule has 0 saturated heterocycles. The van der Waals surface area contributed by atoms with E-state index >= 15 is 0 Å². The molecule has 0 aromatic heterocycles. The Bertz CT molecular complexity index is 363. The largest absolute Gasteiger partial charge is 0.490 e. The smallest absolute Gasteiger partial charge is 0.161 e. The molecule has 0 fully saturated rings. The molecule has 0 saturated carbocycles. The van der Waals surface area contributed by atoms with E-state index in [0.717, 1.165) is 50.4 Å². The summed E-state index contributed by atoms with van der Waals surface area (Å²) in [5.41, 5.74) is 7.04. The van der Waals surface area contributed by atoms with Crippen LogP contribution < -0.4 is 15.2 Å². The van der Waals surface area contributed by atoms with Gasteiger partial charge >= 0.3 is 0 Å². The molecule has 1 heterocycles. The first-order chi connectivity index (χ1) is 8.25. The van der Waals surface area contributed by atoms with Gasteiger partial charge in [-0.05, 0) is 43.9 Å². The third-order valence-corrected chi connectivity index (χ3v) is 2.94. The molecule has 0 amide bonds. The number of nitrogens with two attached hydrogens (primary N) is 1. The first kappa shape index (κ1) is 12.2. The number of rotatable bonds is 4. The van der Waals surface area contributed by atoms with Gasteiger partial charge < -0.3 is 15.2 Å². The van der Waals surface area contributed by atoms with Gasteiger partial charge in [0.05, 0.1) is 13.2 Å². The van der Waals surface area contributed by atoms with Crippen LogP contribution in [0.1, 0.15) is 31.7 Å². The Kier molecular flexibility index (Phi) is 4.26. The molecule has 0 spiro atoms. The summed E-state index contributed by atoms with van der Waals surface area (Å²) in [6.07, 6.45) is 4.19. The molecule has 0 bridgehead atoms. The third kappa shape index (κ3) is 3.63. The molecule has 1 aromatic rings. The number of ether oxygens (including phenoxy) is 2. The highest BCUT2D eigenvalue weighted by atomic mass is 16.5. The fraction of sp³-hybridized carbons (Fsp3) is 0.571. The van der Waals surface area contributed by atoms with E-state index in [2.05, 4.69) is 12.1 Å². The monoisotopic (exact) mass is 235 g/mol. The zero-order valence-corrected chi connectivity index (χ0v) is 10.4. The van der Waals surface area contributed by atoms with Crippen LogP contribution >= 0.6 is 0 Å². The van der Waals surface area contributed by atoms with Crippen LogP contribution in [0.25, 0.3) is 0 Å². The second-order valence-electron chi connectivity index (χ2n) is 4.70. The Balaban J connectivity index is 1.97. The van der Waals surface area contributed by atoms with Crippen molar-refractivity contribution in [1.29, 1.82) is 0 Å². The van der Waals surface area contributed by atoms with E-state index in [0.29, 0.717) is 0 Å². The highest BCUT2D eigenvalue weighted by molar-refractivity contribution is 5.43. The summed E-state index contributed by atoms with van der Waals surface area (Å²) < 4.78 is 11.3. The molecule has 0 radical (unpaired) electrons. The van der Waals surface area contributed by atoms with Gasteiger partial charge in [-0.15, -0.1) is 0 Å². The van der Waals surface area contributed by atoms with Gasteiger partial charge in [0.15, 0.2) is 11.5 Å². The zero-order chi connectivity index (χ0) is 12.1. The van der Waals surface area contributed by atoms with Crippen LogP contribution in [0, 0.1) is 0 Å². The summed E-state index contributed by atoms with van der Waals surface area (Å²) in [5, 5.41) is 0. The summed E-state index contributed by atoms with van der Waals surface area (Å²) in [7, 11) is 0. The average Bonchev–Trinajstić information content (AvgIpc) is 2.53. The van der Waals surface area contributed by atoms with Crippen LogP contribution in [0.2, 0.25) is 0 Å². The van der Waals surface area contributed by atoms with E-state index in [4.69, 9.17) is 15.2 Å². The summed E-state index contributed by atoms with van der Waals surface area (Å²) in [6.45, 7) is 3.54. The fourth-order valence-electron chi connectivity index (χ4n) is 1.99. The van der Waals surface area contributed by atoms with Crippen LogP contribution in [0.4, 0.5) is 0 Å². The van der Waals surface area contributed by atoms with Crippen molar-refractivity contribution < 1.29 is 9.47 Å². The Morgan fingerprint density at radius 1 is 1.24 bits per heavy atom. The molecule has 1 atom stereocenters. The van der Waals surface area contributed by atoms with Gasteiger partial charge in [-0.1, -0.05) is 6.07 Å². The highest BCUT2D eigenvalue weighted by Gasteiger charge is 2.10. The van der Waals surface area contributed by atoms with Crippen molar-refractivity contribution in [3.63, 3.8) is 0 Å². The molecule has 1 unspecified atom stereocenters. The molecular weight excluding hydrogens is 214 g/mol. The zero-order valence-electron chi connectivity index (χ0n) is 10.4. The lowest BCUT2D eigenvalue weighted by atomic mass is 10.1. The standard InChI is InChI=1S/C14H21NO2/c1-11(15)4-2-5-12-6-7-13-14(10-12)17-9-3-8-16-13/h6-7,10-11H,2-5,8-9,15H2,1H3. The van der Waals surface area contributed by atoms with E-state index in [-0.39, 0.29) is 6.04 Å². The van der Waals surface area contributed by atoms with Crippen LogP contribution in [0.15, 0.2) is 18.2 Å². The third-order valence-electron chi connectivity index (χ3n) is 2.94. The summed E-state index contributed by atoms with van der Waals surface area (Å²) in [6, 6.07) is 6.52. The molecule has 2 rings (SSSR count). The Morgan fingerprint density at radius 3 is 2.76 bits per heavy atom. The summed E-state index contributed by atoms with van der Waals surface area (Å²) in [4.78, 5) is 0. The number of fused-ring (bicyclic) bond motifs is 1. The lowest BCUT2D eigenvalue weighted by molar-refractivity contribution is 0.297. The van der Waals surface area contributed by atoms with Gasteiger partial charge in [0, 0.05) is 12.5 Å². The molecule has 3 heteroatoms. The lowest BCUT2D eigenvalue weighted by Crippen LogP contribution is -2.14. The minimum Gasteiger partial charge on any atom is -0.490 e. The molecule has 17 heavy (non-hydrogen) atoms. The van der Waals surface area contributed by atoms with Crippen molar-refractivity contribution in [2.24, 2.45) is 5.73 Å². The molecule has 2 N–H and O–H groups in total. The average molecular weight is 235 g/mol. The van der Waals surface area contributed by atoms with Gasteiger partial charge in [-0.25, -0.2) is 0 Å². The number of aryl methyl sites for hydroxylation is 1. The predicted octanol–water partition coefficient (Wildman–Crippen LogP) is 2.52. The van der Waals surface area contributed by atoms with Gasteiger partial charge in [-0.2, -0.15) is 0 Å². The Morgan fingerprint density at radius 2 is 2.00 bits per heavy atom. The molecule has 1 aliphatic heterocycles. The molecule has 3 nitrogen and oxygen atoms in total. The van der Waals surface area contributed by atoms with Crippen molar-refractivity contribution in [1.82, 2.24) is 0 Å². The predicted molar refractivity (Wildman–Crippen MR) is 68.6 cm³/mol. The van der Waals surface area contributed by atoms with E-state index in [9.17, 15) is 0 Å². The molecular formula is C14H21NO2. The molecule has 1 aromatic carbocycles. The quantitative estimate of drug-likeness (QED) is 0.872. The van der Waals surface area contributed by atoms with Crippen LogP contribution in [0.5, 0.6) is 11.5 Å². The molecule has 1 aliphatic rings. The second kappa shape index (κ2) is 5.92. The number of benzene rings is 1. The van der Waals surface area contributed by atoms with Crippen LogP contribution in [-0.2, 0) is 6.42 Å². The van der Waals surface area contributed by atoms with E-state index in [1.807, 2.05) is 13.0 Å². The van der Waals surface area contributed by atoms with Gasteiger partial charge in [0.25, 0.3) is 0 Å². The van der Waals surface area contributed by atoms with Crippen molar-refractivity contribution in [2.75, 3.05) is 13.2 Å². The fourth-order valence-corrected chi connectivity index (χ4v) is 1.99. The number of hydrogen-bond donors (Lipinski definition) is 1. The normalized spacial score (nSPS) is 16.4. The Hall–Kier alpha value is -1.22. The first-order valence-electron chi connectivity index (χ1n) is 6.40. The molecule has 0 aliphatic carbocycles. The van der Waals surface area contributed by atoms with E-state index in [1.165, 1.54) is 5.56 Å². The first-order valence-corrected chi connectivity index (χ1v) is 6.40.